The number of methoxy groups -OCH3 is 1. The third kappa shape index (κ3) is 3.30. The van der Waals surface area contributed by atoms with Crippen LogP contribution < -0.4 is 0 Å². The molecule has 0 aliphatic rings. The Hall–Kier alpha value is -1.35. The van der Waals surface area contributed by atoms with Crippen molar-refractivity contribution in [2.75, 3.05) is 7.11 Å². The maximum Gasteiger partial charge on any atom is 0.305 e. The summed E-state index contributed by atoms with van der Waals surface area (Å²) < 4.78 is 4.62. The molecule has 0 radical (unpaired) electrons. The summed E-state index contributed by atoms with van der Waals surface area (Å²) in [5, 5.41) is 10.3. The Morgan fingerprint density at radius 3 is 2.35 bits per heavy atom. The van der Waals surface area contributed by atoms with Crippen LogP contribution in [0.4, 0.5) is 0 Å². The summed E-state index contributed by atoms with van der Waals surface area (Å²) in [5.74, 6) is -0.440. The van der Waals surface area contributed by atoms with Crippen molar-refractivity contribution in [1.29, 1.82) is 0 Å². The van der Waals surface area contributed by atoms with E-state index in [0.29, 0.717) is 0 Å². The van der Waals surface area contributed by atoms with Crippen LogP contribution >= 0.6 is 0 Å². The second-order valence-corrected chi connectivity index (χ2v) is 4.51. The molecule has 17 heavy (non-hydrogen) atoms. The van der Waals surface area contributed by atoms with Crippen LogP contribution in [-0.2, 0) is 9.53 Å². The molecule has 1 N–H and O–H groups in total. The fourth-order valence-electron chi connectivity index (χ4n) is 2.04. The summed E-state index contributed by atoms with van der Waals surface area (Å²) in [6.07, 6.45) is -0.402. The highest BCUT2D eigenvalue weighted by Gasteiger charge is 2.22. The monoisotopic (exact) mass is 236 g/mol. The Labute approximate surface area is 102 Å². The molecule has 2 unspecified atom stereocenters. The molecule has 1 rings (SSSR count). The van der Waals surface area contributed by atoms with Gasteiger partial charge in [-0.2, -0.15) is 0 Å². The molecule has 3 heteroatoms. The molecule has 0 aliphatic heterocycles. The van der Waals surface area contributed by atoms with Crippen molar-refractivity contribution < 1.29 is 14.6 Å². The maximum atomic E-state index is 11.2. The van der Waals surface area contributed by atoms with Gasteiger partial charge in [-0.25, -0.2) is 0 Å². The van der Waals surface area contributed by atoms with Crippen LogP contribution in [0.5, 0.6) is 0 Å². The van der Waals surface area contributed by atoms with Gasteiger partial charge in [-0.05, 0) is 36.5 Å². The van der Waals surface area contributed by atoms with Gasteiger partial charge in [0.1, 0.15) is 0 Å². The number of carbonyl (C=O) groups excluding carboxylic acids is 1. The Morgan fingerprint density at radius 2 is 1.88 bits per heavy atom. The molecule has 0 saturated heterocycles. The van der Waals surface area contributed by atoms with Gasteiger partial charge in [0.25, 0.3) is 0 Å². The molecule has 0 saturated carbocycles. The van der Waals surface area contributed by atoms with E-state index in [1.165, 1.54) is 7.11 Å². The lowest BCUT2D eigenvalue weighted by atomic mass is 9.89. The number of esters is 1. The average Bonchev–Trinajstić information content (AvgIpc) is 2.28. The Kier molecular flexibility index (Phi) is 4.70. The Bertz CT molecular complexity index is 378. The number of rotatable bonds is 4. The Morgan fingerprint density at radius 1 is 1.35 bits per heavy atom. The normalized spacial score (nSPS) is 14.2. The molecule has 0 spiro atoms. The lowest BCUT2D eigenvalue weighted by molar-refractivity contribution is -0.142. The van der Waals surface area contributed by atoms with Gasteiger partial charge in [0, 0.05) is 0 Å². The lowest BCUT2D eigenvalue weighted by Gasteiger charge is -2.21. The largest absolute Gasteiger partial charge is 0.469 e. The minimum atomic E-state index is -0.629. The van der Waals surface area contributed by atoms with E-state index < -0.39 is 6.10 Å². The topological polar surface area (TPSA) is 46.5 Å². The first-order valence-corrected chi connectivity index (χ1v) is 5.78. The van der Waals surface area contributed by atoms with Crippen molar-refractivity contribution in [1.82, 2.24) is 0 Å². The predicted octanol–water partition coefficient (Wildman–Crippen LogP) is 2.54. The van der Waals surface area contributed by atoms with E-state index in [1.54, 1.807) is 0 Å². The molecule has 1 aromatic rings. The lowest BCUT2D eigenvalue weighted by Crippen LogP contribution is -2.16. The van der Waals surface area contributed by atoms with Gasteiger partial charge in [-0.1, -0.05) is 25.1 Å². The fraction of sp³-hybridized carbons (Fsp3) is 0.500. The van der Waals surface area contributed by atoms with Gasteiger partial charge in [-0.3, -0.25) is 4.79 Å². The molecule has 1 aromatic carbocycles. The number of aliphatic hydroxyl groups is 1. The summed E-state index contributed by atoms with van der Waals surface area (Å²) in [6, 6.07) is 5.90. The molecule has 0 fully saturated rings. The van der Waals surface area contributed by atoms with Gasteiger partial charge in [-0.15, -0.1) is 0 Å². The standard InChI is InChI=1S/C14H20O3/c1-9-6-5-7-10(2)13(9)14(16)11(3)8-12(15)17-4/h5-7,11,14,16H,8H2,1-4H3. The highest BCUT2D eigenvalue weighted by molar-refractivity contribution is 5.69. The van der Waals surface area contributed by atoms with E-state index in [-0.39, 0.29) is 18.3 Å². The van der Waals surface area contributed by atoms with Crippen molar-refractivity contribution in [2.45, 2.75) is 33.3 Å². The SMILES string of the molecule is COC(=O)CC(C)C(O)c1c(C)cccc1C. The number of hydrogen-bond donors (Lipinski definition) is 1. The molecule has 0 aliphatic carbocycles. The van der Waals surface area contributed by atoms with E-state index in [2.05, 4.69) is 4.74 Å². The van der Waals surface area contributed by atoms with Crippen LogP contribution in [0.1, 0.15) is 36.1 Å². The van der Waals surface area contributed by atoms with E-state index in [1.807, 2.05) is 39.0 Å². The van der Waals surface area contributed by atoms with E-state index in [9.17, 15) is 9.90 Å². The Balaban J connectivity index is 2.88. The van der Waals surface area contributed by atoms with Crippen LogP contribution in [0.25, 0.3) is 0 Å². The van der Waals surface area contributed by atoms with Crippen LogP contribution in [0.2, 0.25) is 0 Å². The molecule has 0 aromatic heterocycles. The van der Waals surface area contributed by atoms with Gasteiger partial charge in [0.05, 0.1) is 19.6 Å². The van der Waals surface area contributed by atoms with E-state index in [0.717, 1.165) is 16.7 Å². The van der Waals surface area contributed by atoms with Crippen LogP contribution in [0.3, 0.4) is 0 Å². The molecule has 94 valence electrons. The minimum Gasteiger partial charge on any atom is -0.469 e. The molecular formula is C14H20O3. The molecule has 0 bridgehead atoms. The van der Waals surface area contributed by atoms with Gasteiger partial charge >= 0.3 is 5.97 Å². The number of hydrogen-bond acceptors (Lipinski definition) is 3. The molecule has 0 amide bonds. The number of benzene rings is 1. The zero-order valence-electron chi connectivity index (χ0n) is 10.9. The van der Waals surface area contributed by atoms with Crippen LogP contribution in [0.15, 0.2) is 18.2 Å². The van der Waals surface area contributed by atoms with Crippen LogP contribution in [-0.4, -0.2) is 18.2 Å². The number of aryl methyl sites for hydroxylation is 2. The fourth-order valence-corrected chi connectivity index (χ4v) is 2.04. The molecule has 3 nitrogen and oxygen atoms in total. The number of ether oxygens (including phenoxy) is 1. The summed E-state index contributed by atoms with van der Waals surface area (Å²) in [6.45, 7) is 5.79. The molecular weight excluding hydrogens is 216 g/mol. The van der Waals surface area contributed by atoms with Gasteiger partial charge < -0.3 is 9.84 Å². The third-order valence-corrected chi connectivity index (χ3v) is 3.09. The summed E-state index contributed by atoms with van der Waals surface area (Å²) in [5.41, 5.74) is 3.02. The highest BCUT2D eigenvalue weighted by atomic mass is 16.5. The van der Waals surface area contributed by atoms with Gasteiger partial charge in [0.15, 0.2) is 0 Å². The molecule has 0 heterocycles. The number of aliphatic hydroxyl groups excluding tert-OH is 1. The first-order valence-electron chi connectivity index (χ1n) is 5.78. The van der Waals surface area contributed by atoms with Crippen molar-refractivity contribution in [3.63, 3.8) is 0 Å². The molecule has 2 atom stereocenters. The zero-order valence-corrected chi connectivity index (χ0v) is 10.9. The highest BCUT2D eigenvalue weighted by Crippen LogP contribution is 2.29. The van der Waals surface area contributed by atoms with E-state index >= 15 is 0 Å². The summed E-state index contributed by atoms with van der Waals surface area (Å²) in [4.78, 5) is 11.2. The van der Waals surface area contributed by atoms with Crippen molar-refractivity contribution in [3.8, 4) is 0 Å². The first kappa shape index (κ1) is 13.7. The second kappa shape index (κ2) is 5.82. The average molecular weight is 236 g/mol. The zero-order chi connectivity index (χ0) is 13.0. The summed E-state index contributed by atoms with van der Waals surface area (Å²) >= 11 is 0. The smallest absolute Gasteiger partial charge is 0.305 e. The second-order valence-electron chi connectivity index (χ2n) is 4.51. The number of carbonyl (C=O) groups is 1. The minimum absolute atomic E-state index is 0.151. The van der Waals surface area contributed by atoms with Crippen molar-refractivity contribution in [2.24, 2.45) is 5.92 Å². The third-order valence-electron chi connectivity index (χ3n) is 3.09. The van der Waals surface area contributed by atoms with Crippen molar-refractivity contribution in [3.05, 3.63) is 34.9 Å². The quantitative estimate of drug-likeness (QED) is 0.817. The van der Waals surface area contributed by atoms with Gasteiger partial charge in [0.2, 0.25) is 0 Å². The summed E-state index contributed by atoms with van der Waals surface area (Å²) in [7, 11) is 1.36. The predicted molar refractivity (Wildman–Crippen MR) is 66.7 cm³/mol. The maximum absolute atomic E-state index is 11.2. The van der Waals surface area contributed by atoms with Crippen LogP contribution in [0, 0.1) is 19.8 Å². The van der Waals surface area contributed by atoms with E-state index in [4.69, 9.17) is 0 Å². The first-order chi connectivity index (χ1) is 7.97. The van der Waals surface area contributed by atoms with Crippen molar-refractivity contribution >= 4 is 5.97 Å².